The molecule has 2 N–H and O–H groups in total. The van der Waals surface area contributed by atoms with Gasteiger partial charge in [-0.3, -0.25) is 14.5 Å². The molecule has 1 atom stereocenters. The highest BCUT2D eigenvalue weighted by Crippen LogP contribution is 2.43. The molecule has 2 aliphatic rings. The Bertz CT molecular complexity index is 1190. The summed E-state index contributed by atoms with van der Waals surface area (Å²) >= 11 is 0. The van der Waals surface area contributed by atoms with Crippen molar-refractivity contribution in [2.75, 3.05) is 53.1 Å². The first kappa shape index (κ1) is 26.5. The number of methoxy groups -OCH3 is 1. The number of morpholine rings is 1. The number of aryl methyl sites for hydroxylation is 1. The fourth-order valence-electron chi connectivity index (χ4n) is 4.86. The number of hydrogen-bond donors (Lipinski definition) is 2. The van der Waals surface area contributed by atoms with Gasteiger partial charge in [-0.15, -0.1) is 0 Å². The number of benzene rings is 2. The van der Waals surface area contributed by atoms with E-state index in [0.717, 1.165) is 25.2 Å². The molecule has 0 radical (unpaired) electrons. The molecule has 2 aromatic rings. The lowest BCUT2D eigenvalue weighted by atomic mass is 9.94. The highest BCUT2D eigenvalue weighted by atomic mass is 16.5. The van der Waals surface area contributed by atoms with E-state index in [9.17, 15) is 19.8 Å². The molecule has 0 aliphatic carbocycles. The number of aromatic hydroxyl groups is 1. The first-order valence-corrected chi connectivity index (χ1v) is 12.5. The summed E-state index contributed by atoms with van der Waals surface area (Å²) in [4.78, 5) is 30.4. The Morgan fingerprint density at radius 3 is 2.54 bits per heavy atom. The molecule has 2 aliphatic heterocycles. The number of aliphatic hydroxyl groups is 1. The fourth-order valence-corrected chi connectivity index (χ4v) is 4.86. The maximum atomic E-state index is 13.3. The number of rotatable bonds is 9. The lowest BCUT2D eigenvalue weighted by Crippen LogP contribution is -2.39. The highest BCUT2D eigenvalue weighted by molar-refractivity contribution is 6.46. The van der Waals surface area contributed by atoms with E-state index in [2.05, 4.69) is 4.90 Å². The van der Waals surface area contributed by atoms with Gasteiger partial charge in [-0.2, -0.15) is 0 Å². The van der Waals surface area contributed by atoms with Crippen LogP contribution < -0.4 is 9.47 Å². The largest absolute Gasteiger partial charge is 0.507 e. The maximum absolute atomic E-state index is 13.3. The Morgan fingerprint density at radius 2 is 1.84 bits per heavy atom. The van der Waals surface area contributed by atoms with E-state index < -0.39 is 23.5 Å². The molecule has 9 heteroatoms. The molecule has 9 nitrogen and oxygen atoms in total. The molecule has 2 fully saturated rings. The topological polar surface area (TPSA) is 109 Å². The molecule has 2 saturated heterocycles. The highest BCUT2D eigenvalue weighted by Gasteiger charge is 2.46. The SMILES string of the molecule is CCOc1ccc([C@H]2C(=C(O)c3cc(C)ccc3O)C(=O)C(=O)N2CCCN2CCOCC2)cc1OC. The number of carbonyl (C=O) groups is 2. The smallest absolute Gasteiger partial charge is 0.295 e. The normalized spacial score (nSPS) is 19.9. The van der Waals surface area contributed by atoms with E-state index >= 15 is 0 Å². The average molecular weight is 511 g/mol. The van der Waals surface area contributed by atoms with E-state index in [0.29, 0.717) is 49.8 Å². The summed E-state index contributed by atoms with van der Waals surface area (Å²) in [7, 11) is 1.52. The monoisotopic (exact) mass is 510 g/mol. The Kier molecular flexibility index (Phi) is 8.35. The van der Waals surface area contributed by atoms with Crippen molar-refractivity contribution in [2.24, 2.45) is 0 Å². The lowest BCUT2D eigenvalue weighted by molar-refractivity contribution is -0.140. The van der Waals surface area contributed by atoms with Crippen LogP contribution in [-0.2, 0) is 14.3 Å². The van der Waals surface area contributed by atoms with Crippen LogP contribution in [0.3, 0.4) is 0 Å². The van der Waals surface area contributed by atoms with E-state index in [1.807, 2.05) is 13.8 Å². The van der Waals surface area contributed by atoms with Gasteiger partial charge in [0.2, 0.25) is 0 Å². The summed E-state index contributed by atoms with van der Waals surface area (Å²) in [5, 5.41) is 21.7. The van der Waals surface area contributed by atoms with Crippen LogP contribution >= 0.6 is 0 Å². The van der Waals surface area contributed by atoms with Crippen molar-refractivity contribution in [3.8, 4) is 17.2 Å². The second-order valence-corrected chi connectivity index (χ2v) is 9.16. The van der Waals surface area contributed by atoms with Gasteiger partial charge in [0.05, 0.1) is 44.1 Å². The summed E-state index contributed by atoms with van der Waals surface area (Å²) in [6, 6.07) is 9.11. The summed E-state index contributed by atoms with van der Waals surface area (Å²) in [5.74, 6) is -1.07. The van der Waals surface area contributed by atoms with Crippen LogP contribution in [0.2, 0.25) is 0 Å². The van der Waals surface area contributed by atoms with Crippen molar-refractivity contribution in [3.63, 3.8) is 0 Å². The molecule has 0 bridgehead atoms. The summed E-state index contributed by atoms with van der Waals surface area (Å²) in [5.41, 5.74) is 1.43. The zero-order chi connectivity index (χ0) is 26.5. The van der Waals surface area contributed by atoms with E-state index in [1.54, 1.807) is 30.3 Å². The zero-order valence-corrected chi connectivity index (χ0v) is 21.5. The predicted molar refractivity (Wildman–Crippen MR) is 138 cm³/mol. The van der Waals surface area contributed by atoms with Crippen molar-refractivity contribution in [3.05, 3.63) is 58.7 Å². The number of aliphatic hydroxyl groups excluding tert-OH is 1. The first-order chi connectivity index (χ1) is 17.8. The number of hydrogen-bond acceptors (Lipinski definition) is 8. The predicted octanol–water partition coefficient (Wildman–Crippen LogP) is 3.25. The first-order valence-electron chi connectivity index (χ1n) is 12.5. The Hall–Kier alpha value is -3.56. The molecule has 2 aromatic carbocycles. The molecule has 0 aromatic heterocycles. The van der Waals surface area contributed by atoms with Gasteiger partial charge in [-0.1, -0.05) is 17.7 Å². The fraction of sp³-hybridized carbons (Fsp3) is 0.429. The molecule has 1 amide bonds. The number of carbonyl (C=O) groups excluding carboxylic acids is 2. The quantitative estimate of drug-likeness (QED) is 0.301. The molecule has 4 rings (SSSR count). The molecule has 0 spiro atoms. The third-order valence-corrected chi connectivity index (χ3v) is 6.73. The molecule has 198 valence electrons. The van der Waals surface area contributed by atoms with Crippen LogP contribution in [0, 0.1) is 6.92 Å². The van der Waals surface area contributed by atoms with Gasteiger partial charge in [0, 0.05) is 26.2 Å². The van der Waals surface area contributed by atoms with Crippen molar-refractivity contribution in [1.82, 2.24) is 9.80 Å². The number of likely N-dealkylation sites (tertiary alicyclic amines) is 1. The summed E-state index contributed by atoms with van der Waals surface area (Å²) in [6.45, 7) is 8.20. The van der Waals surface area contributed by atoms with Gasteiger partial charge >= 0.3 is 0 Å². The second kappa shape index (κ2) is 11.7. The van der Waals surface area contributed by atoms with Crippen molar-refractivity contribution in [1.29, 1.82) is 0 Å². The minimum atomic E-state index is -0.853. The van der Waals surface area contributed by atoms with Crippen LogP contribution in [-0.4, -0.2) is 84.8 Å². The second-order valence-electron chi connectivity index (χ2n) is 9.16. The standard InChI is InChI=1S/C28H34N2O7/c1-4-37-22-9-7-19(17-23(22)35-3)25-24(26(32)20-16-18(2)6-8-21(20)31)27(33)28(34)30(25)11-5-10-29-12-14-36-15-13-29/h6-9,16-17,25,31-32H,4-5,10-15H2,1-3H3/t25-/m0/s1. The van der Waals surface area contributed by atoms with Crippen LogP contribution in [0.25, 0.3) is 5.76 Å². The summed E-state index contributed by atoms with van der Waals surface area (Å²) < 4.78 is 16.6. The molecule has 2 heterocycles. The van der Waals surface area contributed by atoms with Gasteiger partial charge in [0.15, 0.2) is 11.5 Å². The van der Waals surface area contributed by atoms with Gasteiger partial charge in [0.1, 0.15) is 11.5 Å². The minimum Gasteiger partial charge on any atom is -0.507 e. The van der Waals surface area contributed by atoms with E-state index in [4.69, 9.17) is 14.2 Å². The number of Topliss-reactive ketones (excluding diaryl/α,β-unsaturated/α-hetero) is 1. The number of amides is 1. The zero-order valence-electron chi connectivity index (χ0n) is 21.5. The van der Waals surface area contributed by atoms with Gasteiger partial charge in [-0.25, -0.2) is 0 Å². The van der Waals surface area contributed by atoms with E-state index in [-0.39, 0.29) is 16.9 Å². The number of ether oxygens (including phenoxy) is 3. The molecule has 0 saturated carbocycles. The van der Waals surface area contributed by atoms with Gasteiger partial charge in [0.25, 0.3) is 11.7 Å². The minimum absolute atomic E-state index is 0.0662. The van der Waals surface area contributed by atoms with Crippen molar-refractivity contribution >= 4 is 17.4 Å². The van der Waals surface area contributed by atoms with Crippen LogP contribution in [0.5, 0.6) is 17.2 Å². The van der Waals surface area contributed by atoms with Crippen LogP contribution in [0.15, 0.2) is 42.0 Å². The van der Waals surface area contributed by atoms with Crippen LogP contribution in [0.4, 0.5) is 0 Å². The maximum Gasteiger partial charge on any atom is 0.295 e. The molecule has 37 heavy (non-hydrogen) atoms. The number of phenols is 1. The Morgan fingerprint density at radius 1 is 1.08 bits per heavy atom. The molecular formula is C28H34N2O7. The molecule has 0 unspecified atom stereocenters. The number of phenolic OH excluding ortho intramolecular Hbond substituents is 1. The number of nitrogens with zero attached hydrogens (tertiary/aromatic N) is 2. The van der Waals surface area contributed by atoms with Crippen molar-refractivity contribution in [2.45, 2.75) is 26.3 Å². The third kappa shape index (κ3) is 5.57. The van der Waals surface area contributed by atoms with Gasteiger partial charge in [-0.05, 0) is 50.1 Å². The lowest BCUT2D eigenvalue weighted by Gasteiger charge is -2.29. The van der Waals surface area contributed by atoms with Crippen molar-refractivity contribution < 1.29 is 34.0 Å². The Balaban J connectivity index is 1.75. The Labute approximate surface area is 216 Å². The van der Waals surface area contributed by atoms with E-state index in [1.165, 1.54) is 18.1 Å². The van der Waals surface area contributed by atoms with Gasteiger partial charge < -0.3 is 29.3 Å². The molecular weight excluding hydrogens is 476 g/mol. The average Bonchev–Trinajstić information content (AvgIpc) is 3.15. The summed E-state index contributed by atoms with van der Waals surface area (Å²) in [6.07, 6.45) is 0.646. The third-order valence-electron chi connectivity index (χ3n) is 6.73. The number of ketones is 1. The van der Waals surface area contributed by atoms with Crippen LogP contribution in [0.1, 0.15) is 36.1 Å².